The van der Waals surface area contributed by atoms with E-state index >= 15 is 0 Å². The lowest BCUT2D eigenvalue weighted by molar-refractivity contribution is 1.11. The zero-order valence-corrected chi connectivity index (χ0v) is 26.5. The molecule has 10 rings (SSSR count). The van der Waals surface area contributed by atoms with Crippen LogP contribution in [0.2, 0.25) is 0 Å². The quantitative estimate of drug-likeness (QED) is 0.196. The van der Waals surface area contributed by atoms with Gasteiger partial charge in [0, 0.05) is 33.2 Å². The maximum atomic E-state index is 5.23. The molecule has 0 N–H and O–H groups in total. The van der Waals surface area contributed by atoms with Crippen LogP contribution in [0.15, 0.2) is 170 Å². The highest BCUT2D eigenvalue weighted by Gasteiger charge is 2.25. The molecule has 0 bridgehead atoms. The molecular formula is C45H28N4. The second-order valence-corrected chi connectivity index (χ2v) is 12.4. The van der Waals surface area contributed by atoms with Crippen molar-refractivity contribution >= 4 is 21.9 Å². The lowest BCUT2D eigenvalue weighted by Crippen LogP contribution is -1.99. The van der Waals surface area contributed by atoms with Gasteiger partial charge < -0.3 is 0 Å². The highest BCUT2D eigenvalue weighted by atomic mass is 15.1. The minimum absolute atomic E-state index is 0.696. The number of aromatic nitrogens is 4. The monoisotopic (exact) mass is 624 g/mol. The van der Waals surface area contributed by atoms with E-state index < -0.39 is 0 Å². The Balaban J connectivity index is 1.09. The fourth-order valence-corrected chi connectivity index (χ4v) is 7.27. The molecule has 0 aliphatic carbocycles. The molecule has 0 unspecified atom stereocenters. The second-order valence-electron chi connectivity index (χ2n) is 12.4. The first-order chi connectivity index (χ1) is 24.3. The van der Waals surface area contributed by atoms with Gasteiger partial charge in [-0.05, 0) is 40.5 Å². The van der Waals surface area contributed by atoms with Gasteiger partial charge in [-0.25, -0.2) is 15.0 Å². The average Bonchev–Trinajstić information content (AvgIpc) is 3.52. The summed E-state index contributed by atoms with van der Waals surface area (Å²) in [6, 6.07) is 59.6. The Kier molecular flexibility index (Phi) is 6.15. The highest BCUT2D eigenvalue weighted by molar-refractivity contribution is 6.03. The highest BCUT2D eigenvalue weighted by Crippen LogP contribution is 2.45. The Morgan fingerprint density at radius 2 is 0.918 bits per heavy atom. The van der Waals surface area contributed by atoms with Crippen LogP contribution in [-0.4, -0.2) is 19.5 Å². The fourth-order valence-electron chi connectivity index (χ4n) is 7.27. The predicted molar refractivity (Wildman–Crippen MR) is 200 cm³/mol. The SMILES string of the molecule is c1ccc(-c2ccc(-c3nc(-c4ccc(-c5nc6cccc7c6n5-c5ccccc5-c5ccccc5-7)cc4)nc4ccccc34)cc2)cc1. The van der Waals surface area contributed by atoms with Crippen LogP contribution < -0.4 is 0 Å². The first-order valence-electron chi connectivity index (χ1n) is 16.5. The van der Waals surface area contributed by atoms with Crippen LogP contribution in [0.4, 0.5) is 0 Å². The zero-order valence-electron chi connectivity index (χ0n) is 26.5. The largest absolute Gasteiger partial charge is 0.291 e. The molecule has 0 fully saturated rings. The van der Waals surface area contributed by atoms with Gasteiger partial charge >= 0.3 is 0 Å². The van der Waals surface area contributed by atoms with E-state index in [4.69, 9.17) is 15.0 Å². The first-order valence-corrected chi connectivity index (χ1v) is 16.5. The lowest BCUT2D eigenvalue weighted by Gasteiger charge is -2.13. The van der Waals surface area contributed by atoms with Crippen molar-refractivity contribution < 1.29 is 0 Å². The van der Waals surface area contributed by atoms with Crippen molar-refractivity contribution in [3.05, 3.63) is 170 Å². The van der Waals surface area contributed by atoms with Crippen molar-refractivity contribution in [1.29, 1.82) is 0 Å². The van der Waals surface area contributed by atoms with Gasteiger partial charge in [0.2, 0.25) is 0 Å². The van der Waals surface area contributed by atoms with Gasteiger partial charge in [-0.1, -0.05) is 152 Å². The van der Waals surface area contributed by atoms with Crippen molar-refractivity contribution in [3.8, 4) is 73.1 Å². The summed E-state index contributed by atoms with van der Waals surface area (Å²) in [4.78, 5) is 15.4. The zero-order chi connectivity index (χ0) is 32.3. The Morgan fingerprint density at radius 3 is 1.73 bits per heavy atom. The van der Waals surface area contributed by atoms with Crippen molar-refractivity contribution in [1.82, 2.24) is 19.5 Å². The number of rotatable bonds is 4. The van der Waals surface area contributed by atoms with Crippen molar-refractivity contribution in [2.45, 2.75) is 0 Å². The third kappa shape index (κ3) is 4.42. The number of benzene rings is 7. The summed E-state index contributed by atoms with van der Waals surface area (Å²) >= 11 is 0. The molecular weight excluding hydrogens is 597 g/mol. The average molecular weight is 625 g/mol. The normalized spacial score (nSPS) is 11.7. The molecule has 1 aliphatic heterocycles. The Bertz CT molecular complexity index is 2690. The molecule has 4 heteroatoms. The third-order valence-electron chi connectivity index (χ3n) is 9.60. The van der Waals surface area contributed by atoms with Crippen LogP contribution in [0.1, 0.15) is 0 Å². The molecule has 1 aliphatic rings. The van der Waals surface area contributed by atoms with Gasteiger partial charge in [-0.15, -0.1) is 0 Å². The predicted octanol–water partition coefficient (Wildman–Crippen LogP) is 11.3. The molecule has 0 atom stereocenters. The Hall–Kier alpha value is -6.65. The lowest BCUT2D eigenvalue weighted by atomic mass is 9.94. The van der Waals surface area contributed by atoms with E-state index in [-0.39, 0.29) is 0 Å². The van der Waals surface area contributed by atoms with Crippen molar-refractivity contribution in [2.75, 3.05) is 0 Å². The summed E-state index contributed by atoms with van der Waals surface area (Å²) in [5.74, 6) is 1.61. The Labute approximate surface area is 283 Å². The minimum atomic E-state index is 0.696. The van der Waals surface area contributed by atoms with E-state index in [1.807, 2.05) is 18.2 Å². The molecule has 4 nitrogen and oxygen atoms in total. The van der Waals surface area contributed by atoms with Gasteiger partial charge in [-0.2, -0.15) is 0 Å². The molecule has 9 aromatic rings. The van der Waals surface area contributed by atoms with E-state index in [0.29, 0.717) is 5.82 Å². The maximum absolute atomic E-state index is 5.23. The van der Waals surface area contributed by atoms with E-state index in [0.717, 1.165) is 55.8 Å². The summed E-state index contributed by atoms with van der Waals surface area (Å²) in [7, 11) is 0. The van der Waals surface area contributed by atoms with Crippen LogP contribution in [0.3, 0.4) is 0 Å². The van der Waals surface area contributed by atoms with Gasteiger partial charge in [0.15, 0.2) is 5.82 Å². The van der Waals surface area contributed by atoms with E-state index in [9.17, 15) is 0 Å². The first kappa shape index (κ1) is 27.5. The molecule has 3 heterocycles. The summed E-state index contributed by atoms with van der Waals surface area (Å²) in [6.45, 7) is 0. The van der Waals surface area contributed by atoms with E-state index in [2.05, 4.69) is 156 Å². The number of hydrogen-bond donors (Lipinski definition) is 0. The summed E-state index contributed by atoms with van der Waals surface area (Å²) in [5, 5.41) is 1.03. The summed E-state index contributed by atoms with van der Waals surface area (Å²) in [6.07, 6.45) is 0. The maximum Gasteiger partial charge on any atom is 0.160 e. The third-order valence-corrected chi connectivity index (χ3v) is 9.60. The van der Waals surface area contributed by atoms with Gasteiger partial charge in [0.05, 0.1) is 27.9 Å². The summed E-state index contributed by atoms with van der Waals surface area (Å²) < 4.78 is 2.33. The number of imidazole rings is 1. The molecule has 228 valence electrons. The minimum Gasteiger partial charge on any atom is -0.291 e. The molecule has 7 aromatic carbocycles. The van der Waals surface area contributed by atoms with Crippen LogP contribution in [-0.2, 0) is 0 Å². The summed E-state index contributed by atoms with van der Waals surface area (Å²) in [5.41, 5.74) is 15.3. The molecule has 0 radical (unpaired) electrons. The smallest absolute Gasteiger partial charge is 0.160 e. The van der Waals surface area contributed by atoms with Crippen molar-refractivity contribution in [2.24, 2.45) is 0 Å². The van der Waals surface area contributed by atoms with E-state index in [1.165, 1.54) is 33.4 Å². The molecule has 0 saturated heterocycles. The Morgan fingerprint density at radius 1 is 0.347 bits per heavy atom. The van der Waals surface area contributed by atoms with Crippen LogP contribution in [0.25, 0.3) is 95.0 Å². The molecule has 0 amide bonds. The van der Waals surface area contributed by atoms with Gasteiger partial charge in [0.1, 0.15) is 5.82 Å². The second kappa shape index (κ2) is 11.0. The van der Waals surface area contributed by atoms with Crippen LogP contribution in [0.5, 0.6) is 0 Å². The van der Waals surface area contributed by atoms with Gasteiger partial charge in [0.25, 0.3) is 0 Å². The topological polar surface area (TPSA) is 43.6 Å². The number of nitrogens with zero attached hydrogens (tertiary/aromatic N) is 4. The molecule has 49 heavy (non-hydrogen) atoms. The fraction of sp³-hybridized carbons (Fsp3) is 0. The van der Waals surface area contributed by atoms with Crippen LogP contribution in [0, 0.1) is 0 Å². The molecule has 0 spiro atoms. The number of fused-ring (bicyclic) bond motifs is 6. The van der Waals surface area contributed by atoms with Crippen molar-refractivity contribution in [3.63, 3.8) is 0 Å². The molecule has 2 aromatic heterocycles. The number of hydrogen-bond acceptors (Lipinski definition) is 3. The van der Waals surface area contributed by atoms with Gasteiger partial charge in [-0.3, -0.25) is 4.57 Å². The van der Waals surface area contributed by atoms with Crippen LogP contribution >= 0.6 is 0 Å². The standard InChI is InChI=1S/C45H28N4/c1-2-11-29(12-3-1)30-21-23-31(24-22-30)42-38-16-6-8-18-39(38)46-44(48-42)32-25-27-33(28-26-32)45-47-40-19-10-17-37-35-14-5-4-13-34(35)36-15-7-9-20-41(36)49(45)43(37)40/h1-28H. The molecule has 0 saturated carbocycles. The number of para-hydroxylation sites is 3. The van der Waals surface area contributed by atoms with E-state index in [1.54, 1.807) is 0 Å².